The smallest absolute Gasteiger partial charge is 0.315 e. The van der Waals surface area contributed by atoms with Crippen molar-refractivity contribution in [3.63, 3.8) is 0 Å². The molecule has 0 bridgehead atoms. The van der Waals surface area contributed by atoms with Crippen LogP contribution >= 0.6 is 0 Å². The summed E-state index contributed by atoms with van der Waals surface area (Å²) in [6.07, 6.45) is 2.04. The number of hydrogen-bond acceptors (Lipinski definition) is 5. The molecule has 0 fully saturated rings. The van der Waals surface area contributed by atoms with E-state index >= 15 is 0 Å². The molecule has 0 saturated heterocycles. The van der Waals surface area contributed by atoms with Crippen LogP contribution in [0, 0.1) is 5.92 Å². The van der Waals surface area contributed by atoms with Crippen molar-refractivity contribution < 1.29 is 19.1 Å². The molecule has 1 aromatic rings. The maximum Gasteiger partial charge on any atom is 0.315 e. The number of ether oxygens (including phenoxy) is 2. The van der Waals surface area contributed by atoms with Crippen LogP contribution in [0.15, 0.2) is 40.5 Å². The number of esters is 1. The van der Waals surface area contributed by atoms with Crippen LogP contribution in [0.1, 0.15) is 58.4 Å². The Bertz CT molecular complexity index is 806. The van der Waals surface area contributed by atoms with Crippen LogP contribution in [-0.2, 0) is 14.3 Å². The SMILES string of the molecule is CCOC(=O)C1C(C)=NC2=C(C(=O)CCC2)[C@H]1c1ccccc1OC(C)C. The molecule has 0 spiro atoms. The van der Waals surface area contributed by atoms with Gasteiger partial charge in [0, 0.05) is 34.9 Å². The van der Waals surface area contributed by atoms with Gasteiger partial charge < -0.3 is 9.47 Å². The first-order valence-corrected chi connectivity index (χ1v) is 9.67. The van der Waals surface area contributed by atoms with Crippen LogP contribution in [0.3, 0.4) is 0 Å². The van der Waals surface area contributed by atoms with E-state index < -0.39 is 11.8 Å². The van der Waals surface area contributed by atoms with Gasteiger partial charge >= 0.3 is 5.97 Å². The van der Waals surface area contributed by atoms with Crippen LogP contribution in [0.4, 0.5) is 0 Å². The van der Waals surface area contributed by atoms with Gasteiger partial charge in [-0.05, 0) is 46.6 Å². The average molecular weight is 369 g/mol. The molecule has 144 valence electrons. The van der Waals surface area contributed by atoms with Crippen LogP contribution in [0.25, 0.3) is 0 Å². The van der Waals surface area contributed by atoms with Gasteiger partial charge in [-0.3, -0.25) is 14.6 Å². The number of aliphatic imine (C=N–C) groups is 1. The molecule has 1 heterocycles. The predicted molar refractivity (Wildman–Crippen MR) is 104 cm³/mol. The largest absolute Gasteiger partial charge is 0.491 e. The molecule has 1 aromatic carbocycles. The third kappa shape index (κ3) is 3.82. The highest BCUT2D eigenvalue weighted by Crippen LogP contribution is 2.46. The molecule has 5 nitrogen and oxygen atoms in total. The normalized spacial score (nSPS) is 22.4. The van der Waals surface area contributed by atoms with Gasteiger partial charge in [-0.25, -0.2) is 0 Å². The molecule has 3 rings (SSSR count). The molecule has 0 radical (unpaired) electrons. The maximum atomic E-state index is 12.9. The second-order valence-corrected chi connectivity index (χ2v) is 7.30. The standard InChI is InChI=1S/C22H27NO4/c1-5-26-22(25)19-14(4)23-16-10-8-11-17(24)21(16)20(19)15-9-6-7-12-18(15)27-13(2)3/h6-7,9,12-13,19-20H,5,8,10-11H2,1-4H3/t19?,20-/m0/s1. The molecular formula is C22H27NO4. The minimum absolute atomic E-state index is 0.0129. The summed E-state index contributed by atoms with van der Waals surface area (Å²) >= 11 is 0. The third-order valence-electron chi connectivity index (χ3n) is 4.99. The molecule has 2 atom stereocenters. The van der Waals surface area contributed by atoms with Crippen LogP contribution in [-0.4, -0.2) is 30.2 Å². The third-order valence-corrected chi connectivity index (χ3v) is 4.99. The Kier molecular flexibility index (Phi) is 5.78. The summed E-state index contributed by atoms with van der Waals surface area (Å²) < 4.78 is 11.4. The van der Waals surface area contributed by atoms with Gasteiger partial charge in [-0.15, -0.1) is 0 Å². The Morgan fingerprint density at radius 1 is 1.26 bits per heavy atom. The van der Waals surface area contributed by atoms with Gasteiger partial charge in [0.25, 0.3) is 0 Å². The number of hydrogen-bond donors (Lipinski definition) is 0. The fraction of sp³-hybridized carbons (Fsp3) is 0.500. The summed E-state index contributed by atoms with van der Waals surface area (Å²) in [4.78, 5) is 30.3. The fourth-order valence-corrected chi connectivity index (χ4v) is 3.98. The van der Waals surface area contributed by atoms with E-state index in [0.717, 1.165) is 24.1 Å². The van der Waals surface area contributed by atoms with Crippen molar-refractivity contribution in [1.29, 1.82) is 0 Å². The highest BCUT2D eigenvalue weighted by Gasteiger charge is 2.44. The lowest BCUT2D eigenvalue weighted by Crippen LogP contribution is -2.37. The summed E-state index contributed by atoms with van der Waals surface area (Å²) in [5.74, 6) is -0.590. The molecule has 5 heteroatoms. The Hall–Kier alpha value is -2.43. The summed E-state index contributed by atoms with van der Waals surface area (Å²) in [6, 6.07) is 7.66. The highest BCUT2D eigenvalue weighted by atomic mass is 16.5. The number of nitrogens with zero attached hydrogens (tertiary/aromatic N) is 1. The molecule has 0 amide bonds. The van der Waals surface area contributed by atoms with E-state index in [2.05, 4.69) is 4.99 Å². The first kappa shape index (κ1) is 19.3. The number of carbonyl (C=O) groups excluding carboxylic acids is 2. The summed E-state index contributed by atoms with van der Waals surface area (Å²) in [5, 5.41) is 0. The minimum atomic E-state index is -0.609. The van der Waals surface area contributed by atoms with E-state index in [9.17, 15) is 9.59 Å². The van der Waals surface area contributed by atoms with Gasteiger partial charge in [0.2, 0.25) is 0 Å². The molecule has 1 unspecified atom stereocenters. The highest BCUT2D eigenvalue weighted by molar-refractivity contribution is 6.09. The van der Waals surface area contributed by atoms with Crippen LogP contribution in [0.5, 0.6) is 5.75 Å². The van der Waals surface area contributed by atoms with E-state index in [1.165, 1.54) is 0 Å². The lowest BCUT2D eigenvalue weighted by Gasteiger charge is -2.35. The summed E-state index contributed by atoms with van der Waals surface area (Å²) in [5.41, 5.74) is 3.02. The molecule has 0 aromatic heterocycles. The van der Waals surface area contributed by atoms with Gasteiger partial charge in [0.1, 0.15) is 11.7 Å². The van der Waals surface area contributed by atoms with Crippen molar-refractivity contribution in [2.45, 2.75) is 59.0 Å². The number of rotatable bonds is 5. The Morgan fingerprint density at radius 2 is 2.00 bits per heavy atom. The van der Waals surface area contributed by atoms with Gasteiger partial charge in [-0.1, -0.05) is 18.2 Å². The predicted octanol–water partition coefficient (Wildman–Crippen LogP) is 4.22. The first-order valence-electron chi connectivity index (χ1n) is 9.67. The molecule has 0 N–H and O–H groups in total. The van der Waals surface area contributed by atoms with E-state index in [0.29, 0.717) is 30.1 Å². The minimum Gasteiger partial charge on any atom is -0.491 e. The molecule has 1 aliphatic carbocycles. The van der Waals surface area contributed by atoms with Gasteiger partial charge in [0.15, 0.2) is 5.78 Å². The van der Waals surface area contributed by atoms with Crippen molar-refractivity contribution in [1.82, 2.24) is 0 Å². The molecule has 2 aliphatic rings. The molecular weight excluding hydrogens is 342 g/mol. The van der Waals surface area contributed by atoms with E-state index in [1.54, 1.807) is 6.92 Å². The van der Waals surface area contributed by atoms with Crippen molar-refractivity contribution in [2.75, 3.05) is 6.61 Å². The Balaban J connectivity index is 2.18. The number of ketones is 1. The molecule has 0 saturated carbocycles. The number of para-hydroxylation sites is 1. The van der Waals surface area contributed by atoms with Crippen LogP contribution < -0.4 is 4.74 Å². The lowest BCUT2D eigenvalue weighted by molar-refractivity contribution is -0.146. The number of allylic oxidation sites excluding steroid dienone is 2. The average Bonchev–Trinajstić information content (AvgIpc) is 2.61. The van der Waals surface area contributed by atoms with Crippen LogP contribution in [0.2, 0.25) is 0 Å². The second kappa shape index (κ2) is 8.07. The number of benzene rings is 1. The maximum absolute atomic E-state index is 12.9. The zero-order valence-corrected chi connectivity index (χ0v) is 16.5. The first-order chi connectivity index (χ1) is 12.9. The molecule has 1 aliphatic heterocycles. The molecule has 27 heavy (non-hydrogen) atoms. The zero-order chi connectivity index (χ0) is 19.6. The van der Waals surface area contributed by atoms with E-state index in [-0.39, 0.29) is 17.9 Å². The Labute approximate surface area is 160 Å². The van der Waals surface area contributed by atoms with E-state index in [1.807, 2.05) is 45.0 Å². The zero-order valence-electron chi connectivity index (χ0n) is 16.5. The van der Waals surface area contributed by atoms with Gasteiger partial charge in [0.05, 0.1) is 12.7 Å². The number of Topliss-reactive ketones (excluding diaryl/α,β-unsaturated/α-hetero) is 1. The number of carbonyl (C=O) groups is 2. The summed E-state index contributed by atoms with van der Waals surface area (Å²) in [6.45, 7) is 7.85. The van der Waals surface area contributed by atoms with Gasteiger partial charge in [-0.2, -0.15) is 0 Å². The topological polar surface area (TPSA) is 65.0 Å². The summed E-state index contributed by atoms with van der Waals surface area (Å²) in [7, 11) is 0. The second-order valence-electron chi connectivity index (χ2n) is 7.30. The lowest BCUT2D eigenvalue weighted by atomic mass is 9.71. The van der Waals surface area contributed by atoms with E-state index in [4.69, 9.17) is 9.47 Å². The van der Waals surface area contributed by atoms with Crippen molar-refractivity contribution in [2.24, 2.45) is 10.9 Å². The van der Waals surface area contributed by atoms with Crippen molar-refractivity contribution >= 4 is 17.5 Å². The Morgan fingerprint density at radius 3 is 2.70 bits per heavy atom. The van der Waals surface area contributed by atoms with Crippen molar-refractivity contribution in [3.8, 4) is 5.75 Å². The van der Waals surface area contributed by atoms with Crippen molar-refractivity contribution in [3.05, 3.63) is 41.1 Å². The monoisotopic (exact) mass is 369 g/mol. The quantitative estimate of drug-likeness (QED) is 0.729. The fourth-order valence-electron chi connectivity index (χ4n) is 3.98.